The molecule has 0 aliphatic carbocycles. The van der Waals surface area contributed by atoms with E-state index in [1.807, 2.05) is 6.92 Å². The average molecular weight is 330 g/mol. The summed E-state index contributed by atoms with van der Waals surface area (Å²) in [7, 11) is 0. The van der Waals surface area contributed by atoms with Crippen LogP contribution in [-0.4, -0.2) is 25.6 Å². The van der Waals surface area contributed by atoms with Crippen molar-refractivity contribution in [1.29, 1.82) is 0 Å². The van der Waals surface area contributed by atoms with Gasteiger partial charge in [-0.25, -0.2) is 0 Å². The highest BCUT2D eigenvalue weighted by atomic mass is 32.2. The maximum Gasteiger partial charge on any atom is 0.0506 e. The lowest BCUT2D eigenvalue weighted by Crippen LogP contribution is -2.32. The van der Waals surface area contributed by atoms with Gasteiger partial charge in [0.05, 0.1) is 5.70 Å². The normalized spacial score (nSPS) is 19.9. The first kappa shape index (κ1) is 17.8. The van der Waals surface area contributed by atoms with E-state index in [4.69, 9.17) is 0 Å². The largest absolute Gasteiger partial charge is 0.381 e. The van der Waals surface area contributed by atoms with Crippen LogP contribution >= 0.6 is 11.8 Å². The Bertz CT molecular complexity index is 583. The Hall–Kier alpha value is -1.52. The van der Waals surface area contributed by atoms with Crippen LogP contribution in [0.15, 0.2) is 47.2 Å². The number of nitrogens with zero attached hydrogens (tertiary/aromatic N) is 1. The van der Waals surface area contributed by atoms with Crippen molar-refractivity contribution in [3.05, 3.63) is 53.4 Å². The molecule has 124 valence electrons. The van der Waals surface area contributed by atoms with Crippen LogP contribution in [0, 0.1) is 0 Å². The van der Waals surface area contributed by atoms with E-state index in [0.29, 0.717) is 6.04 Å². The van der Waals surface area contributed by atoms with Crippen LogP contribution in [0.2, 0.25) is 0 Å². The fraction of sp³-hybridized carbons (Fsp3) is 0.421. The maximum absolute atomic E-state index is 4.19. The van der Waals surface area contributed by atoms with Gasteiger partial charge in [0.15, 0.2) is 0 Å². The highest BCUT2D eigenvalue weighted by Crippen LogP contribution is 2.30. The van der Waals surface area contributed by atoms with Crippen molar-refractivity contribution < 1.29 is 0 Å². The zero-order chi connectivity index (χ0) is 16.8. The van der Waals surface area contributed by atoms with Crippen LogP contribution in [0.4, 0.5) is 0 Å². The van der Waals surface area contributed by atoms with E-state index in [1.54, 1.807) is 11.8 Å². The number of rotatable bonds is 7. The standard InChI is InChI=1S/C19H27N3S/c1-13(22-14(2)18-7-6-12-21-18)16-8-10-17(11-9-16)19(23-5)15(3)20-4/h8-11,13,18,21-22H,2,4,6-7,12H2,1,3,5H3/b19-15-. The van der Waals surface area contributed by atoms with Gasteiger partial charge in [-0.1, -0.05) is 30.8 Å². The molecular formula is C19H27N3S. The lowest BCUT2D eigenvalue weighted by Gasteiger charge is -2.22. The molecule has 0 amide bonds. The first-order valence-electron chi connectivity index (χ1n) is 8.07. The van der Waals surface area contributed by atoms with Crippen molar-refractivity contribution in [1.82, 2.24) is 10.6 Å². The van der Waals surface area contributed by atoms with Gasteiger partial charge in [0.2, 0.25) is 0 Å². The van der Waals surface area contributed by atoms with Gasteiger partial charge in [0.1, 0.15) is 0 Å². The SMILES string of the molecule is C=N/C(C)=C(\SC)c1ccc(C(C)NC(=C)C2CCCN2)cc1. The summed E-state index contributed by atoms with van der Waals surface area (Å²) in [6.45, 7) is 13.1. The minimum Gasteiger partial charge on any atom is -0.381 e. The Morgan fingerprint density at radius 2 is 2.09 bits per heavy atom. The highest BCUT2D eigenvalue weighted by Gasteiger charge is 2.18. The summed E-state index contributed by atoms with van der Waals surface area (Å²) in [6, 6.07) is 9.32. The summed E-state index contributed by atoms with van der Waals surface area (Å²) >= 11 is 1.71. The Kier molecular flexibility index (Phi) is 6.48. The predicted molar refractivity (Wildman–Crippen MR) is 104 cm³/mol. The predicted octanol–water partition coefficient (Wildman–Crippen LogP) is 4.36. The van der Waals surface area contributed by atoms with Crippen molar-refractivity contribution in [3.63, 3.8) is 0 Å². The highest BCUT2D eigenvalue weighted by molar-refractivity contribution is 8.07. The number of aliphatic imine (C=N–C) groups is 1. The molecule has 2 rings (SSSR count). The zero-order valence-corrected chi connectivity index (χ0v) is 15.2. The average Bonchev–Trinajstić information content (AvgIpc) is 3.10. The van der Waals surface area contributed by atoms with Gasteiger partial charge in [0.25, 0.3) is 0 Å². The minimum absolute atomic E-state index is 0.249. The molecule has 4 heteroatoms. The number of benzene rings is 1. The second-order valence-electron chi connectivity index (χ2n) is 5.94. The summed E-state index contributed by atoms with van der Waals surface area (Å²) < 4.78 is 0. The van der Waals surface area contributed by atoms with E-state index in [1.165, 1.54) is 28.9 Å². The van der Waals surface area contributed by atoms with Crippen molar-refractivity contribution >= 4 is 23.4 Å². The van der Waals surface area contributed by atoms with Gasteiger partial charge in [0, 0.05) is 22.7 Å². The van der Waals surface area contributed by atoms with Crippen LogP contribution in [0.25, 0.3) is 4.91 Å². The number of hydrogen-bond donors (Lipinski definition) is 2. The van der Waals surface area contributed by atoms with Crippen LogP contribution in [0.5, 0.6) is 0 Å². The number of thioether (sulfide) groups is 1. The minimum atomic E-state index is 0.249. The summed E-state index contributed by atoms with van der Waals surface area (Å²) in [5, 5.41) is 7.01. The van der Waals surface area contributed by atoms with Crippen LogP contribution in [0.3, 0.4) is 0 Å². The molecule has 2 N–H and O–H groups in total. The van der Waals surface area contributed by atoms with Gasteiger partial charge >= 0.3 is 0 Å². The van der Waals surface area contributed by atoms with Crippen molar-refractivity contribution in [2.45, 2.75) is 38.8 Å². The summed E-state index contributed by atoms with van der Waals surface area (Å²) in [5.41, 5.74) is 4.51. The van der Waals surface area contributed by atoms with E-state index in [2.05, 4.69) is 66.4 Å². The molecule has 2 unspecified atom stereocenters. The van der Waals surface area contributed by atoms with Gasteiger partial charge in [-0.3, -0.25) is 4.99 Å². The fourth-order valence-electron chi connectivity index (χ4n) is 2.91. The van der Waals surface area contributed by atoms with Gasteiger partial charge in [-0.05, 0) is 57.3 Å². The molecule has 1 aliphatic heterocycles. The quantitative estimate of drug-likeness (QED) is 0.730. The summed E-state index contributed by atoms with van der Waals surface area (Å²) in [5.74, 6) is 0. The molecule has 2 atom stereocenters. The molecule has 1 saturated heterocycles. The molecular weight excluding hydrogens is 302 g/mol. The molecule has 3 nitrogen and oxygen atoms in total. The maximum atomic E-state index is 4.19. The van der Waals surface area contributed by atoms with Crippen LogP contribution in [-0.2, 0) is 0 Å². The van der Waals surface area contributed by atoms with Gasteiger partial charge < -0.3 is 10.6 Å². The Morgan fingerprint density at radius 1 is 1.39 bits per heavy atom. The molecule has 1 aromatic rings. The summed E-state index contributed by atoms with van der Waals surface area (Å²) in [6.07, 6.45) is 4.48. The second-order valence-corrected chi connectivity index (χ2v) is 6.76. The van der Waals surface area contributed by atoms with Gasteiger partial charge in [-0.2, -0.15) is 0 Å². The Labute approximate surface area is 144 Å². The number of hydrogen-bond acceptors (Lipinski definition) is 4. The van der Waals surface area contributed by atoms with E-state index < -0.39 is 0 Å². The third-order valence-electron chi connectivity index (χ3n) is 4.33. The van der Waals surface area contributed by atoms with Crippen LogP contribution < -0.4 is 10.6 Å². The smallest absolute Gasteiger partial charge is 0.0506 e. The molecule has 0 radical (unpaired) electrons. The lowest BCUT2D eigenvalue weighted by atomic mass is 10.0. The van der Waals surface area contributed by atoms with Gasteiger partial charge in [-0.15, -0.1) is 11.8 Å². The first-order valence-corrected chi connectivity index (χ1v) is 9.30. The Morgan fingerprint density at radius 3 is 2.61 bits per heavy atom. The third kappa shape index (κ3) is 4.49. The van der Waals surface area contributed by atoms with Crippen molar-refractivity contribution in [2.75, 3.05) is 12.8 Å². The fourth-order valence-corrected chi connectivity index (χ4v) is 3.65. The molecule has 1 aromatic carbocycles. The third-order valence-corrected chi connectivity index (χ3v) is 5.26. The molecule has 0 saturated carbocycles. The molecule has 23 heavy (non-hydrogen) atoms. The van der Waals surface area contributed by atoms with Crippen LogP contribution in [0.1, 0.15) is 43.9 Å². The molecule has 0 aromatic heterocycles. The van der Waals surface area contributed by atoms with E-state index in [9.17, 15) is 0 Å². The van der Waals surface area contributed by atoms with Crippen molar-refractivity contribution in [3.8, 4) is 0 Å². The first-order chi connectivity index (χ1) is 11.1. The molecule has 1 aliphatic rings. The molecule has 0 spiro atoms. The second kappa shape index (κ2) is 8.37. The van der Waals surface area contributed by atoms with Crippen molar-refractivity contribution in [2.24, 2.45) is 4.99 Å². The lowest BCUT2D eigenvalue weighted by molar-refractivity contribution is 0.567. The zero-order valence-electron chi connectivity index (χ0n) is 14.4. The molecule has 0 bridgehead atoms. The summed E-state index contributed by atoms with van der Waals surface area (Å²) in [4.78, 5) is 5.23. The number of allylic oxidation sites excluding steroid dienone is 1. The number of nitrogens with one attached hydrogen (secondary N) is 2. The monoisotopic (exact) mass is 329 g/mol. The molecule has 1 heterocycles. The topological polar surface area (TPSA) is 36.4 Å². The van der Waals surface area contributed by atoms with E-state index in [0.717, 1.165) is 17.9 Å². The Balaban J connectivity index is 2.06. The molecule has 1 fully saturated rings. The van der Waals surface area contributed by atoms with E-state index >= 15 is 0 Å². The van der Waals surface area contributed by atoms with E-state index in [-0.39, 0.29) is 6.04 Å².